The number of aliphatic carboxylic acids is 1. The number of halogens is 1. The van der Waals surface area contributed by atoms with Crippen LogP contribution in [0, 0.1) is 0 Å². The number of hydrogen-bond acceptors (Lipinski definition) is 9. The summed E-state index contributed by atoms with van der Waals surface area (Å²) in [6.45, 7) is 0.178. The van der Waals surface area contributed by atoms with Gasteiger partial charge in [-0.25, -0.2) is 14.8 Å². The topological polar surface area (TPSA) is 276 Å². The van der Waals surface area contributed by atoms with Crippen LogP contribution >= 0.6 is 11.6 Å². The summed E-state index contributed by atoms with van der Waals surface area (Å²) in [6.07, 6.45) is 3.02. The molecular formula is C29H36ClN11O4. The van der Waals surface area contributed by atoms with Crippen molar-refractivity contribution in [1.82, 2.24) is 20.6 Å². The first-order chi connectivity index (χ1) is 21.4. The Hall–Kier alpha value is -5.44. The normalized spacial score (nSPS) is 11.8. The van der Waals surface area contributed by atoms with E-state index in [4.69, 9.17) is 40.3 Å². The maximum atomic E-state index is 12.3. The highest BCUT2D eigenvalue weighted by molar-refractivity contribution is 6.31. The zero-order valence-electron chi connectivity index (χ0n) is 24.4. The number of aromatic nitrogens is 2. The van der Waals surface area contributed by atoms with E-state index in [9.17, 15) is 19.5 Å². The Labute approximate surface area is 264 Å². The van der Waals surface area contributed by atoms with Gasteiger partial charge in [0.15, 0.2) is 34.4 Å². The minimum absolute atomic E-state index is 0.0703. The summed E-state index contributed by atoms with van der Waals surface area (Å²) in [5.74, 6) is -2.87. The standard InChI is InChI=1S/C29H36ClN11O4/c30-23-25(32)40-24(31)22(39-23)26(43)41-29(35)36-14-2-1-3-16-4-9-18(10-5-16)19-11-6-17(7-12-19)8-13-21(42)38-20(27(44)45)15-37-28(33)34/h4-7,9-12,20H,1-3,8,13-15H2,(H,38,42)(H,44,45)(H4,31,32,40)(H4,33,34,37)(H3,35,36,41,43)/t20-/m0/s1. The molecule has 3 rings (SSSR count). The van der Waals surface area contributed by atoms with Crippen molar-refractivity contribution in [3.63, 3.8) is 0 Å². The Morgan fingerprint density at radius 3 is 2.02 bits per heavy atom. The molecule has 16 heteroatoms. The number of benzene rings is 2. The first kappa shape index (κ1) is 34.1. The van der Waals surface area contributed by atoms with Gasteiger partial charge in [-0.3, -0.25) is 24.9 Å². The van der Waals surface area contributed by atoms with Gasteiger partial charge in [-0.15, -0.1) is 0 Å². The number of carbonyl (C=O) groups is 3. The molecule has 238 valence electrons. The zero-order valence-corrected chi connectivity index (χ0v) is 25.1. The molecule has 1 atom stereocenters. The van der Waals surface area contributed by atoms with Gasteiger partial charge in [0, 0.05) is 13.0 Å². The van der Waals surface area contributed by atoms with E-state index in [0.29, 0.717) is 13.0 Å². The van der Waals surface area contributed by atoms with Gasteiger partial charge >= 0.3 is 5.97 Å². The Morgan fingerprint density at radius 1 is 0.844 bits per heavy atom. The van der Waals surface area contributed by atoms with Crippen molar-refractivity contribution in [2.24, 2.45) is 27.2 Å². The van der Waals surface area contributed by atoms with Gasteiger partial charge in [0.05, 0.1) is 6.54 Å². The molecule has 0 aliphatic carbocycles. The maximum absolute atomic E-state index is 12.3. The lowest BCUT2D eigenvalue weighted by atomic mass is 9.99. The lowest BCUT2D eigenvalue weighted by Gasteiger charge is -2.12. The van der Waals surface area contributed by atoms with E-state index in [2.05, 4.69) is 42.7 Å². The lowest BCUT2D eigenvalue weighted by molar-refractivity contribution is -0.141. The van der Waals surface area contributed by atoms with E-state index in [0.717, 1.165) is 36.0 Å². The van der Waals surface area contributed by atoms with Crippen LogP contribution in [-0.2, 0) is 22.4 Å². The number of nitrogen functional groups attached to an aromatic ring is 2. The fraction of sp³-hybridized carbons (Fsp3) is 0.276. The third-order valence-corrected chi connectivity index (χ3v) is 6.77. The molecule has 0 aliphatic heterocycles. The molecule has 0 spiro atoms. The monoisotopic (exact) mass is 637 g/mol. The van der Waals surface area contributed by atoms with Crippen molar-refractivity contribution in [2.75, 3.05) is 24.6 Å². The van der Waals surface area contributed by atoms with Gasteiger partial charge < -0.3 is 39.1 Å². The number of rotatable bonds is 14. The predicted molar refractivity (Wildman–Crippen MR) is 173 cm³/mol. The number of nitrogens with two attached hydrogens (primary N) is 5. The molecule has 0 radical (unpaired) electrons. The van der Waals surface area contributed by atoms with E-state index >= 15 is 0 Å². The van der Waals surface area contributed by atoms with Crippen LogP contribution in [0.4, 0.5) is 11.6 Å². The molecule has 1 aromatic heterocycles. The van der Waals surface area contributed by atoms with Crippen molar-refractivity contribution in [3.05, 3.63) is 70.5 Å². The summed E-state index contributed by atoms with van der Waals surface area (Å²) in [7, 11) is 0. The second-order valence-electron chi connectivity index (χ2n) is 9.93. The Morgan fingerprint density at radius 2 is 1.44 bits per heavy atom. The van der Waals surface area contributed by atoms with Crippen LogP contribution in [0.2, 0.25) is 5.15 Å². The van der Waals surface area contributed by atoms with Gasteiger partial charge in [0.1, 0.15) is 6.04 Å². The van der Waals surface area contributed by atoms with E-state index in [-0.39, 0.29) is 47.4 Å². The number of guanidine groups is 2. The van der Waals surface area contributed by atoms with E-state index in [1.807, 2.05) is 36.4 Å². The molecule has 13 N–H and O–H groups in total. The summed E-state index contributed by atoms with van der Waals surface area (Å²) in [5, 5.41) is 13.9. The number of aliphatic imine (C=N–C) groups is 2. The number of hydrogen-bond donors (Lipinski definition) is 8. The summed E-state index contributed by atoms with van der Waals surface area (Å²) in [6, 6.07) is 14.9. The number of carboxylic acids is 1. The SMILES string of the molecule is NC(N)=NC[C@H](NC(=O)CCc1ccc(-c2ccc(CCCCN=C(N)NC(=O)c3nc(Cl)c(N)nc3N)cc2)cc1)C(=O)O. The first-order valence-corrected chi connectivity index (χ1v) is 14.3. The number of carboxylic acid groups (broad SMARTS) is 1. The number of aryl methyl sites for hydroxylation is 2. The molecule has 15 nitrogen and oxygen atoms in total. The molecule has 45 heavy (non-hydrogen) atoms. The summed E-state index contributed by atoms with van der Waals surface area (Å²) < 4.78 is 0. The number of anilines is 2. The molecule has 0 unspecified atom stereocenters. The van der Waals surface area contributed by atoms with Gasteiger partial charge in [-0.1, -0.05) is 60.1 Å². The van der Waals surface area contributed by atoms with Gasteiger partial charge in [0.25, 0.3) is 5.91 Å². The van der Waals surface area contributed by atoms with Crippen molar-refractivity contribution in [3.8, 4) is 11.1 Å². The highest BCUT2D eigenvalue weighted by Crippen LogP contribution is 2.22. The Balaban J connectivity index is 1.41. The largest absolute Gasteiger partial charge is 0.480 e. The predicted octanol–water partition coefficient (Wildman–Crippen LogP) is 0.804. The van der Waals surface area contributed by atoms with Crippen LogP contribution < -0.4 is 39.3 Å². The lowest BCUT2D eigenvalue weighted by Crippen LogP contribution is -2.43. The van der Waals surface area contributed by atoms with Crippen LogP contribution in [-0.4, -0.2) is 63.9 Å². The average Bonchev–Trinajstić information content (AvgIpc) is 3.00. The Kier molecular flexibility index (Phi) is 12.4. The number of carbonyl (C=O) groups excluding carboxylic acids is 2. The minimum atomic E-state index is -1.22. The number of unbranched alkanes of at least 4 members (excludes halogenated alkanes) is 1. The highest BCUT2D eigenvalue weighted by Gasteiger charge is 2.19. The van der Waals surface area contributed by atoms with E-state index in [1.54, 1.807) is 0 Å². The molecule has 2 amide bonds. The van der Waals surface area contributed by atoms with Crippen molar-refractivity contribution in [1.29, 1.82) is 0 Å². The minimum Gasteiger partial charge on any atom is -0.480 e. The van der Waals surface area contributed by atoms with E-state index in [1.165, 1.54) is 5.56 Å². The molecule has 0 saturated carbocycles. The molecule has 3 aromatic rings. The number of amides is 2. The smallest absolute Gasteiger partial charge is 0.328 e. The van der Waals surface area contributed by atoms with Gasteiger partial charge in [-0.2, -0.15) is 0 Å². The molecule has 1 heterocycles. The van der Waals surface area contributed by atoms with Crippen molar-refractivity contribution in [2.45, 2.75) is 38.1 Å². The molecule has 2 aromatic carbocycles. The molecule has 0 aliphatic rings. The van der Waals surface area contributed by atoms with Crippen LogP contribution in [0.25, 0.3) is 11.1 Å². The summed E-state index contributed by atoms with van der Waals surface area (Å²) in [5.41, 5.74) is 31.5. The highest BCUT2D eigenvalue weighted by atomic mass is 35.5. The second-order valence-corrected chi connectivity index (χ2v) is 10.3. The molecule has 0 fully saturated rings. The van der Waals surface area contributed by atoms with E-state index < -0.39 is 23.8 Å². The zero-order chi connectivity index (χ0) is 32.9. The number of nitrogens with zero attached hydrogens (tertiary/aromatic N) is 4. The van der Waals surface area contributed by atoms with Crippen molar-refractivity contribution >= 4 is 52.9 Å². The third-order valence-electron chi connectivity index (χ3n) is 6.49. The quantitative estimate of drug-likeness (QED) is 0.0695. The van der Waals surface area contributed by atoms with Crippen LogP contribution in [0.15, 0.2) is 58.5 Å². The van der Waals surface area contributed by atoms with Gasteiger partial charge in [-0.05, 0) is 47.9 Å². The summed E-state index contributed by atoms with van der Waals surface area (Å²) in [4.78, 5) is 51.2. The van der Waals surface area contributed by atoms with Crippen LogP contribution in [0.1, 0.15) is 40.9 Å². The number of nitrogens with one attached hydrogen (secondary N) is 2. The first-order valence-electron chi connectivity index (χ1n) is 13.9. The molecular weight excluding hydrogens is 602 g/mol. The fourth-order valence-electron chi connectivity index (χ4n) is 4.10. The maximum Gasteiger partial charge on any atom is 0.328 e. The van der Waals surface area contributed by atoms with Gasteiger partial charge in [0.2, 0.25) is 5.91 Å². The van der Waals surface area contributed by atoms with Crippen molar-refractivity contribution < 1.29 is 19.5 Å². The Bertz CT molecular complexity index is 1560. The second kappa shape index (κ2) is 16.4. The van der Waals surface area contributed by atoms with Crippen LogP contribution in [0.5, 0.6) is 0 Å². The summed E-state index contributed by atoms with van der Waals surface area (Å²) >= 11 is 5.80. The average molecular weight is 638 g/mol. The third kappa shape index (κ3) is 11.0. The van der Waals surface area contributed by atoms with Crippen LogP contribution in [0.3, 0.4) is 0 Å². The molecule has 0 bridgehead atoms. The molecule has 0 saturated heterocycles. The fourth-order valence-corrected chi connectivity index (χ4v) is 4.23.